The first-order chi connectivity index (χ1) is 25.6. The SMILES string of the molecule is CC(C)c1ccc2c(c1)CC[C@H]1[C@@](C)(Cn3c(-c4cccc(OCC(=O)OC(C)(C)C)c4)nc4cc(-c5ccc(CN(C)C)cc5)ccc43)CCC[C@]21C. The molecule has 4 aromatic carbocycles. The zero-order valence-electron chi connectivity index (χ0n) is 34.0. The lowest BCUT2D eigenvalue weighted by molar-refractivity contribution is -0.157. The molecule has 0 radical (unpaired) electrons. The molecule has 6 heteroatoms. The van der Waals surface area contributed by atoms with Crippen LogP contribution < -0.4 is 4.74 Å². The number of nitrogens with zero attached hydrogens (tertiary/aromatic N) is 3. The molecular formula is C48H59N3O3. The first-order valence-corrected chi connectivity index (χ1v) is 19.9. The summed E-state index contributed by atoms with van der Waals surface area (Å²) in [6.07, 6.45) is 5.95. The molecule has 7 rings (SSSR count). The number of imidazole rings is 1. The second-order valence-corrected chi connectivity index (χ2v) is 18.2. The Morgan fingerprint density at radius 1 is 0.926 bits per heavy atom. The smallest absolute Gasteiger partial charge is 0.344 e. The Kier molecular flexibility index (Phi) is 10.3. The molecule has 0 bridgehead atoms. The van der Waals surface area contributed by atoms with Crippen molar-refractivity contribution in [2.45, 2.75) is 111 Å². The fourth-order valence-corrected chi connectivity index (χ4v) is 9.65. The molecular weight excluding hydrogens is 667 g/mol. The fourth-order valence-electron chi connectivity index (χ4n) is 9.65. The van der Waals surface area contributed by atoms with Crippen LogP contribution in [0.15, 0.2) is 84.9 Å². The van der Waals surface area contributed by atoms with Crippen LogP contribution in [-0.2, 0) is 34.5 Å². The van der Waals surface area contributed by atoms with E-state index in [1.54, 1.807) is 11.1 Å². The minimum atomic E-state index is -0.566. The van der Waals surface area contributed by atoms with Gasteiger partial charge in [-0.1, -0.05) is 94.8 Å². The Hall–Kier alpha value is -4.42. The lowest BCUT2D eigenvalue weighted by atomic mass is 9.49. The topological polar surface area (TPSA) is 56.6 Å². The highest BCUT2D eigenvalue weighted by atomic mass is 16.6. The Morgan fingerprint density at radius 3 is 2.41 bits per heavy atom. The number of aryl methyl sites for hydroxylation is 1. The second-order valence-electron chi connectivity index (χ2n) is 18.2. The highest BCUT2D eigenvalue weighted by molar-refractivity contribution is 5.86. The van der Waals surface area contributed by atoms with E-state index in [1.165, 1.54) is 42.4 Å². The first kappa shape index (κ1) is 37.9. The van der Waals surface area contributed by atoms with Gasteiger partial charge in [0.25, 0.3) is 0 Å². The Morgan fingerprint density at radius 2 is 1.69 bits per heavy atom. The molecule has 0 amide bonds. The zero-order valence-corrected chi connectivity index (χ0v) is 34.0. The number of carbonyl (C=O) groups is 1. The average Bonchev–Trinajstić information content (AvgIpc) is 3.46. The van der Waals surface area contributed by atoms with E-state index in [4.69, 9.17) is 14.5 Å². The zero-order chi connectivity index (χ0) is 38.4. The number of rotatable bonds is 10. The highest BCUT2D eigenvalue weighted by Crippen LogP contribution is 2.58. The van der Waals surface area contributed by atoms with E-state index in [0.717, 1.165) is 47.5 Å². The molecule has 0 aliphatic heterocycles. The molecule has 1 fully saturated rings. The van der Waals surface area contributed by atoms with Crippen LogP contribution in [0.1, 0.15) is 102 Å². The van der Waals surface area contributed by atoms with Crippen molar-refractivity contribution < 1.29 is 14.3 Å². The lowest BCUT2D eigenvalue weighted by Gasteiger charge is -2.56. The summed E-state index contributed by atoms with van der Waals surface area (Å²) in [5, 5.41) is 0. The molecule has 2 aliphatic rings. The van der Waals surface area contributed by atoms with Gasteiger partial charge in [-0.3, -0.25) is 0 Å². The quantitative estimate of drug-likeness (QED) is 0.134. The maximum Gasteiger partial charge on any atom is 0.344 e. The Balaban J connectivity index is 1.27. The van der Waals surface area contributed by atoms with Crippen molar-refractivity contribution in [3.05, 3.63) is 107 Å². The van der Waals surface area contributed by atoms with Crippen LogP contribution >= 0.6 is 0 Å². The summed E-state index contributed by atoms with van der Waals surface area (Å²) in [4.78, 5) is 20.1. The summed E-state index contributed by atoms with van der Waals surface area (Å²) in [6, 6.07) is 31.0. The van der Waals surface area contributed by atoms with E-state index < -0.39 is 5.60 Å². The van der Waals surface area contributed by atoms with Crippen LogP contribution in [-0.4, -0.2) is 46.7 Å². The number of benzene rings is 4. The number of ether oxygens (including phenoxy) is 2. The summed E-state index contributed by atoms with van der Waals surface area (Å²) >= 11 is 0. The molecule has 1 aromatic heterocycles. The fraction of sp³-hybridized carbons (Fsp3) is 0.458. The third-order valence-corrected chi connectivity index (χ3v) is 12.1. The van der Waals surface area contributed by atoms with Gasteiger partial charge in [-0.25, -0.2) is 9.78 Å². The number of fused-ring (bicyclic) bond motifs is 4. The van der Waals surface area contributed by atoms with Crippen molar-refractivity contribution in [3.63, 3.8) is 0 Å². The number of hydrogen-bond donors (Lipinski definition) is 0. The summed E-state index contributed by atoms with van der Waals surface area (Å²) in [5.41, 5.74) is 10.9. The molecule has 0 saturated heterocycles. The van der Waals surface area contributed by atoms with Gasteiger partial charge in [-0.2, -0.15) is 0 Å². The van der Waals surface area contributed by atoms with Crippen molar-refractivity contribution in [1.82, 2.24) is 14.5 Å². The minimum Gasteiger partial charge on any atom is -0.482 e. The number of carbonyl (C=O) groups excluding carboxylic acids is 1. The van der Waals surface area contributed by atoms with Crippen molar-refractivity contribution in [2.75, 3.05) is 20.7 Å². The van der Waals surface area contributed by atoms with E-state index in [0.29, 0.717) is 17.6 Å². The molecule has 2 aliphatic carbocycles. The number of aromatic nitrogens is 2. The van der Waals surface area contributed by atoms with E-state index in [1.807, 2.05) is 39.0 Å². The molecule has 0 spiro atoms. The van der Waals surface area contributed by atoms with Gasteiger partial charge in [0.2, 0.25) is 0 Å². The first-order valence-electron chi connectivity index (χ1n) is 19.9. The molecule has 0 N–H and O–H groups in total. The maximum atomic E-state index is 12.5. The third kappa shape index (κ3) is 7.73. The highest BCUT2D eigenvalue weighted by Gasteiger charge is 2.52. The maximum absolute atomic E-state index is 12.5. The molecule has 6 nitrogen and oxygen atoms in total. The van der Waals surface area contributed by atoms with E-state index in [2.05, 4.69) is 118 Å². The number of esters is 1. The van der Waals surface area contributed by atoms with Gasteiger partial charge >= 0.3 is 5.97 Å². The van der Waals surface area contributed by atoms with Crippen LogP contribution in [0, 0.1) is 11.3 Å². The van der Waals surface area contributed by atoms with Crippen LogP contribution in [0.25, 0.3) is 33.5 Å². The normalized spacial score (nSPS) is 21.3. The summed E-state index contributed by atoms with van der Waals surface area (Å²) in [5.74, 6) is 2.25. The lowest BCUT2D eigenvalue weighted by Crippen LogP contribution is -2.50. The standard InChI is InChI=1S/C48H59N3O3/c1-32(2)35-18-21-40-37(26-35)20-23-43-47(6,24-11-25-48(40,43)7)31-51-42-22-19-36(34-16-14-33(15-17-34)29-50(8)9)28-41(42)49-45(51)38-12-10-13-39(27-38)53-30-44(52)54-46(3,4)5/h10,12-19,21-22,26-28,32,43H,11,20,23-25,29-31H2,1-9H3/t43-,47+,48+/m0/s1. The van der Waals surface area contributed by atoms with Crippen molar-refractivity contribution in [3.8, 4) is 28.3 Å². The Labute approximate surface area is 322 Å². The van der Waals surface area contributed by atoms with Crippen molar-refractivity contribution >= 4 is 17.0 Å². The van der Waals surface area contributed by atoms with Crippen LogP contribution in [0.4, 0.5) is 0 Å². The van der Waals surface area contributed by atoms with Gasteiger partial charge in [-0.05, 0) is 141 Å². The van der Waals surface area contributed by atoms with Crippen LogP contribution in [0.5, 0.6) is 5.75 Å². The average molecular weight is 726 g/mol. The molecule has 0 unspecified atom stereocenters. The van der Waals surface area contributed by atoms with E-state index in [9.17, 15) is 4.79 Å². The van der Waals surface area contributed by atoms with E-state index in [-0.39, 0.29) is 23.4 Å². The largest absolute Gasteiger partial charge is 0.482 e. The predicted molar refractivity (Wildman–Crippen MR) is 221 cm³/mol. The number of hydrogen-bond acceptors (Lipinski definition) is 5. The minimum absolute atomic E-state index is 0.0650. The molecule has 3 atom stereocenters. The third-order valence-electron chi connectivity index (χ3n) is 12.1. The molecule has 5 aromatic rings. The molecule has 1 saturated carbocycles. The van der Waals surface area contributed by atoms with Gasteiger partial charge in [0.1, 0.15) is 17.2 Å². The summed E-state index contributed by atoms with van der Waals surface area (Å²) in [7, 11) is 4.20. The van der Waals surface area contributed by atoms with Crippen molar-refractivity contribution in [1.29, 1.82) is 0 Å². The van der Waals surface area contributed by atoms with Gasteiger partial charge in [0, 0.05) is 18.7 Å². The van der Waals surface area contributed by atoms with Crippen LogP contribution in [0.2, 0.25) is 0 Å². The van der Waals surface area contributed by atoms with E-state index >= 15 is 0 Å². The van der Waals surface area contributed by atoms with Crippen LogP contribution in [0.3, 0.4) is 0 Å². The van der Waals surface area contributed by atoms with Gasteiger partial charge in [-0.15, -0.1) is 0 Å². The van der Waals surface area contributed by atoms with Gasteiger partial charge < -0.3 is 18.9 Å². The molecule has 54 heavy (non-hydrogen) atoms. The summed E-state index contributed by atoms with van der Waals surface area (Å²) in [6.45, 7) is 16.9. The van der Waals surface area contributed by atoms with Crippen molar-refractivity contribution in [2.24, 2.45) is 11.3 Å². The van der Waals surface area contributed by atoms with Gasteiger partial charge in [0.15, 0.2) is 6.61 Å². The Bertz CT molecular complexity index is 2140. The summed E-state index contributed by atoms with van der Waals surface area (Å²) < 4.78 is 14.0. The molecule has 284 valence electrons. The second kappa shape index (κ2) is 14.7. The van der Waals surface area contributed by atoms with Gasteiger partial charge in [0.05, 0.1) is 11.0 Å². The monoisotopic (exact) mass is 725 g/mol. The predicted octanol–water partition coefficient (Wildman–Crippen LogP) is 11.0. The molecule has 1 heterocycles.